The van der Waals surface area contributed by atoms with E-state index in [1.807, 2.05) is 12.1 Å². The minimum absolute atomic E-state index is 0.455. The molecule has 1 N–H and O–H groups in total. The predicted octanol–water partition coefficient (Wildman–Crippen LogP) is 2.70. The molecule has 1 aromatic heterocycles. The first-order valence-corrected chi connectivity index (χ1v) is 6.70. The van der Waals surface area contributed by atoms with Crippen LogP contribution < -0.4 is 4.90 Å². The Balaban J connectivity index is 1.81. The van der Waals surface area contributed by atoms with E-state index in [0.717, 1.165) is 30.9 Å². The van der Waals surface area contributed by atoms with Gasteiger partial charge in [0.2, 0.25) is 0 Å². The van der Waals surface area contributed by atoms with Gasteiger partial charge >= 0.3 is 0 Å². The molecule has 2 aromatic rings. The van der Waals surface area contributed by atoms with Crippen LogP contribution in [-0.4, -0.2) is 16.6 Å². The Bertz CT molecular complexity index is 563. The summed E-state index contributed by atoms with van der Waals surface area (Å²) in [4.78, 5) is 6.75. The molecule has 0 radical (unpaired) electrons. The molecule has 2 heterocycles. The lowest BCUT2D eigenvalue weighted by molar-refractivity contribution is 0.199. The topological polar surface area (TPSA) is 36.4 Å². The van der Waals surface area contributed by atoms with Crippen LogP contribution in [0.4, 0.5) is 5.82 Å². The van der Waals surface area contributed by atoms with Crippen molar-refractivity contribution in [1.82, 2.24) is 4.98 Å². The Morgan fingerprint density at radius 3 is 2.63 bits per heavy atom. The van der Waals surface area contributed by atoms with Gasteiger partial charge in [0, 0.05) is 19.3 Å². The molecule has 0 amide bonds. The molecule has 0 aliphatic carbocycles. The van der Waals surface area contributed by atoms with Gasteiger partial charge in [0.15, 0.2) is 0 Å². The third kappa shape index (κ3) is 2.47. The molecular formula is C16H18N2O. The molecule has 0 saturated heterocycles. The number of rotatable bonds is 2. The molecule has 1 atom stereocenters. The number of hydrogen-bond acceptors (Lipinski definition) is 3. The number of benzene rings is 1. The molecule has 1 aromatic carbocycles. The molecule has 0 fully saturated rings. The zero-order chi connectivity index (χ0) is 13.2. The quantitative estimate of drug-likeness (QED) is 0.895. The maximum atomic E-state index is 9.50. The number of fused-ring (bicyclic) bond motifs is 1. The normalized spacial score (nSPS) is 16.0. The van der Waals surface area contributed by atoms with Gasteiger partial charge in [-0.15, -0.1) is 0 Å². The van der Waals surface area contributed by atoms with Crippen LogP contribution >= 0.6 is 0 Å². The van der Waals surface area contributed by atoms with Gasteiger partial charge in [0.05, 0.1) is 6.10 Å². The summed E-state index contributed by atoms with van der Waals surface area (Å²) in [7, 11) is 0. The fourth-order valence-corrected chi connectivity index (χ4v) is 2.52. The van der Waals surface area contributed by atoms with Gasteiger partial charge in [0.1, 0.15) is 5.82 Å². The maximum Gasteiger partial charge on any atom is 0.128 e. The van der Waals surface area contributed by atoms with Crippen LogP contribution in [-0.2, 0) is 13.0 Å². The number of pyridine rings is 1. The highest BCUT2D eigenvalue weighted by Crippen LogP contribution is 2.23. The van der Waals surface area contributed by atoms with Crippen LogP contribution in [0.25, 0.3) is 0 Å². The van der Waals surface area contributed by atoms with E-state index in [4.69, 9.17) is 0 Å². The standard InChI is InChI=1S/C16H18N2O/c1-12(19)14-6-7-16(17-10-14)18-9-8-13-4-2-3-5-15(13)11-18/h2-7,10,12,19H,8-9,11H2,1H3. The lowest BCUT2D eigenvalue weighted by Crippen LogP contribution is -2.30. The first kappa shape index (κ1) is 12.2. The molecule has 3 rings (SSSR count). The highest BCUT2D eigenvalue weighted by molar-refractivity contribution is 5.44. The minimum atomic E-state index is -0.455. The van der Waals surface area contributed by atoms with Gasteiger partial charge in [-0.25, -0.2) is 4.98 Å². The van der Waals surface area contributed by atoms with Gasteiger partial charge in [-0.1, -0.05) is 30.3 Å². The van der Waals surface area contributed by atoms with Crippen molar-refractivity contribution in [3.8, 4) is 0 Å². The van der Waals surface area contributed by atoms with Crippen molar-refractivity contribution in [2.75, 3.05) is 11.4 Å². The first-order valence-electron chi connectivity index (χ1n) is 6.70. The van der Waals surface area contributed by atoms with Crippen LogP contribution in [0, 0.1) is 0 Å². The lowest BCUT2D eigenvalue weighted by Gasteiger charge is -2.29. The fourth-order valence-electron chi connectivity index (χ4n) is 2.52. The van der Waals surface area contributed by atoms with E-state index in [-0.39, 0.29) is 0 Å². The van der Waals surface area contributed by atoms with E-state index in [9.17, 15) is 5.11 Å². The van der Waals surface area contributed by atoms with Crippen molar-refractivity contribution in [2.45, 2.75) is 26.0 Å². The zero-order valence-electron chi connectivity index (χ0n) is 11.1. The Morgan fingerprint density at radius 2 is 1.95 bits per heavy atom. The number of aromatic nitrogens is 1. The van der Waals surface area contributed by atoms with Gasteiger partial charge in [-0.05, 0) is 36.1 Å². The average Bonchev–Trinajstić information content (AvgIpc) is 2.47. The minimum Gasteiger partial charge on any atom is -0.389 e. The summed E-state index contributed by atoms with van der Waals surface area (Å²) < 4.78 is 0. The highest BCUT2D eigenvalue weighted by atomic mass is 16.3. The average molecular weight is 254 g/mol. The largest absolute Gasteiger partial charge is 0.389 e. The number of anilines is 1. The number of aliphatic hydroxyl groups excluding tert-OH is 1. The Hall–Kier alpha value is -1.87. The predicted molar refractivity (Wildman–Crippen MR) is 76.1 cm³/mol. The summed E-state index contributed by atoms with van der Waals surface area (Å²) in [5.74, 6) is 0.985. The molecule has 1 aliphatic rings. The van der Waals surface area contributed by atoms with Gasteiger partial charge in [-0.3, -0.25) is 0 Å². The maximum absolute atomic E-state index is 9.50. The van der Waals surface area contributed by atoms with Crippen LogP contribution in [0.3, 0.4) is 0 Å². The lowest BCUT2D eigenvalue weighted by atomic mass is 10.00. The van der Waals surface area contributed by atoms with Crippen molar-refractivity contribution < 1.29 is 5.11 Å². The molecule has 3 heteroatoms. The van der Waals surface area contributed by atoms with Crippen molar-refractivity contribution in [3.05, 3.63) is 59.3 Å². The monoisotopic (exact) mass is 254 g/mol. The Labute approximate surface area is 113 Å². The molecule has 19 heavy (non-hydrogen) atoms. The molecule has 0 bridgehead atoms. The molecule has 0 spiro atoms. The van der Waals surface area contributed by atoms with E-state index in [0.29, 0.717) is 0 Å². The number of hydrogen-bond donors (Lipinski definition) is 1. The SMILES string of the molecule is CC(O)c1ccc(N2CCc3ccccc3C2)nc1. The van der Waals surface area contributed by atoms with E-state index in [2.05, 4.69) is 34.1 Å². The van der Waals surface area contributed by atoms with E-state index < -0.39 is 6.10 Å². The second kappa shape index (κ2) is 5.02. The van der Waals surface area contributed by atoms with Crippen molar-refractivity contribution >= 4 is 5.82 Å². The zero-order valence-corrected chi connectivity index (χ0v) is 11.1. The molecule has 3 nitrogen and oxygen atoms in total. The summed E-state index contributed by atoms with van der Waals surface area (Å²) in [5, 5.41) is 9.50. The van der Waals surface area contributed by atoms with Crippen molar-refractivity contribution in [3.63, 3.8) is 0 Å². The molecule has 0 saturated carbocycles. The third-order valence-electron chi connectivity index (χ3n) is 3.71. The van der Waals surface area contributed by atoms with Crippen LogP contribution in [0.1, 0.15) is 29.7 Å². The Kier molecular flexibility index (Phi) is 3.22. The van der Waals surface area contributed by atoms with Crippen LogP contribution in [0.5, 0.6) is 0 Å². The number of aliphatic hydroxyl groups is 1. The van der Waals surface area contributed by atoms with Gasteiger partial charge in [0.25, 0.3) is 0 Å². The summed E-state index contributed by atoms with van der Waals surface area (Å²) in [6.45, 7) is 3.67. The molecular weight excluding hydrogens is 236 g/mol. The first-order chi connectivity index (χ1) is 9.24. The summed E-state index contributed by atoms with van der Waals surface area (Å²) in [5.41, 5.74) is 3.69. The van der Waals surface area contributed by atoms with Crippen LogP contribution in [0.2, 0.25) is 0 Å². The van der Waals surface area contributed by atoms with Gasteiger partial charge < -0.3 is 10.0 Å². The van der Waals surface area contributed by atoms with E-state index in [1.54, 1.807) is 13.1 Å². The second-order valence-corrected chi connectivity index (χ2v) is 5.07. The number of nitrogens with zero attached hydrogens (tertiary/aromatic N) is 2. The van der Waals surface area contributed by atoms with E-state index in [1.165, 1.54) is 11.1 Å². The summed E-state index contributed by atoms with van der Waals surface area (Å²) >= 11 is 0. The van der Waals surface area contributed by atoms with Gasteiger partial charge in [-0.2, -0.15) is 0 Å². The van der Waals surface area contributed by atoms with Crippen LogP contribution in [0.15, 0.2) is 42.6 Å². The second-order valence-electron chi connectivity index (χ2n) is 5.07. The molecule has 98 valence electrons. The molecule has 1 aliphatic heterocycles. The summed E-state index contributed by atoms with van der Waals surface area (Å²) in [6.07, 6.45) is 2.37. The fraction of sp³-hybridized carbons (Fsp3) is 0.312. The van der Waals surface area contributed by atoms with Crippen molar-refractivity contribution in [2.24, 2.45) is 0 Å². The third-order valence-corrected chi connectivity index (χ3v) is 3.71. The highest BCUT2D eigenvalue weighted by Gasteiger charge is 2.16. The Morgan fingerprint density at radius 1 is 1.16 bits per heavy atom. The molecule has 1 unspecified atom stereocenters. The smallest absolute Gasteiger partial charge is 0.128 e. The summed E-state index contributed by atoms with van der Waals surface area (Å²) in [6, 6.07) is 12.5. The van der Waals surface area contributed by atoms with E-state index >= 15 is 0 Å². The van der Waals surface area contributed by atoms with Crippen molar-refractivity contribution in [1.29, 1.82) is 0 Å².